The predicted molar refractivity (Wildman–Crippen MR) is 77.6 cm³/mol. The Labute approximate surface area is 125 Å². The molecule has 3 amide bonds. The molecular formula is C13H16BrN3O3. The zero-order chi connectivity index (χ0) is 14.7. The van der Waals surface area contributed by atoms with E-state index in [2.05, 4.69) is 31.9 Å². The fraction of sp³-hybridized carbons (Fsp3) is 0.385. The Balaban J connectivity index is 2.00. The number of carbonyl (C=O) groups excluding carboxylic acids is 2. The van der Waals surface area contributed by atoms with Crippen molar-refractivity contribution in [3.05, 3.63) is 28.2 Å². The molecule has 1 aliphatic rings. The summed E-state index contributed by atoms with van der Waals surface area (Å²) in [5.41, 5.74) is 0.948. The van der Waals surface area contributed by atoms with Crippen LogP contribution in [-0.2, 0) is 4.79 Å². The minimum Gasteiger partial charge on any atom is -0.496 e. The van der Waals surface area contributed by atoms with Crippen LogP contribution < -0.4 is 20.7 Å². The molecule has 6 nitrogen and oxygen atoms in total. The normalized spacial score (nSPS) is 18.9. The molecule has 20 heavy (non-hydrogen) atoms. The smallest absolute Gasteiger partial charge is 0.315 e. The Morgan fingerprint density at radius 1 is 1.55 bits per heavy atom. The minimum absolute atomic E-state index is 0.165. The molecule has 2 atom stereocenters. The highest BCUT2D eigenvalue weighted by molar-refractivity contribution is 9.10. The number of carbonyl (C=O) groups is 2. The Hall–Kier alpha value is -1.76. The third kappa shape index (κ3) is 3.22. The van der Waals surface area contributed by atoms with E-state index in [0.717, 1.165) is 15.8 Å². The molecule has 1 aromatic carbocycles. The van der Waals surface area contributed by atoms with E-state index in [9.17, 15) is 9.59 Å². The third-order valence-corrected chi connectivity index (χ3v) is 3.74. The van der Waals surface area contributed by atoms with Gasteiger partial charge in [0.2, 0.25) is 5.91 Å². The SMILES string of the molecule is COc1ccc([C@@H](C)NC(=O)[C@H]2CNC(=O)N2)cc1Br. The maximum Gasteiger partial charge on any atom is 0.315 e. The number of benzene rings is 1. The van der Waals surface area contributed by atoms with E-state index in [4.69, 9.17) is 4.74 Å². The molecule has 1 aromatic rings. The van der Waals surface area contributed by atoms with Crippen molar-refractivity contribution in [3.8, 4) is 5.75 Å². The van der Waals surface area contributed by atoms with E-state index in [-0.39, 0.29) is 18.0 Å². The van der Waals surface area contributed by atoms with E-state index in [1.807, 2.05) is 25.1 Å². The first-order valence-corrected chi connectivity index (χ1v) is 6.98. The number of hydrogen-bond acceptors (Lipinski definition) is 3. The fourth-order valence-electron chi connectivity index (χ4n) is 1.96. The van der Waals surface area contributed by atoms with E-state index in [0.29, 0.717) is 6.54 Å². The first-order valence-electron chi connectivity index (χ1n) is 6.19. The van der Waals surface area contributed by atoms with E-state index in [1.54, 1.807) is 7.11 Å². The summed E-state index contributed by atoms with van der Waals surface area (Å²) in [5.74, 6) is 0.530. The zero-order valence-corrected chi connectivity index (χ0v) is 12.8. The van der Waals surface area contributed by atoms with E-state index >= 15 is 0 Å². The first-order chi connectivity index (χ1) is 9.51. The summed E-state index contributed by atoms with van der Waals surface area (Å²) in [6, 6.07) is 4.62. The van der Waals surface area contributed by atoms with Gasteiger partial charge in [0.15, 0.2) is 0 Å². The Bertz CT molecular complexity index is 536. The van der Waals surface area contributed by atoms with Crippen molar-refractivity contribution < 1.29 is 14.3 Å². The van der Waals surface area contributed by atoms with Gasteiger partial charge in [0.1, 0.15) is 11.8 Å². The maximum absolute atomic E-state index is 12.0. The monoisotopic (exact) mass is 341 g/mol. The van der Waals surface area contributed by atoms with Gasteiger partial charge in [0, 0.05) is 6.54 Å². The largest absolute Gasteiger partial charge is 0.496 e. The lowest BCUT2D eigenvalue weighted by Gasteiger charge is -2.17. The summed E-state index contributed by atoms with van der Waals surface area (Å²) in [4.78, 5) is 23.0. The summed E-state index contributed by atoms with van der Waals surface area (Å²) in [5, 5.41) is 7.97. The molecule has 0 saturated carbocycles. The van der Waals surface area contributed by atoms with Gasteiger partial charge in [0.05, 0.1) is 17.6 Å². The van der Waals surface area contributed by atoms with Crippen molar-refractivity contribution in [3.63, 3.8) is 0 Å². The summed E-state index contributed by atoms with van der Waals surface area (Å²) in [6.45, 7) is 2.19. The van der Waals surface area contributed by atoms with Crippen LogP contribution in [0.5, 0.6) is 5.75 Å². The highest BCUT2D eigenvalue weighted by Gasteiger charge is 2.27. The lowest BCUT2D eigenvalue weighted by molar-refractivity contribution is -0.123. The van der Waals surface area contributed by atoms with Crippen molar-refractivity contribution in [2.75, 3.05) is 13.7 Å². The molecule has 108 valence electrons. The molecule has 0 unspecified atom stereocenters. The molecule has 1 saturated heterocycles. The molecule has 0 aliphatic carbocycles. The molecular weight excluding hydrogens is 326 g/mol. The lowest BCUT2D eigenvalue weighted by atomic mass is 10.1. The summed E-state index contributed by atoms with van der Waals surface area (Å²) < 4.78 is 5.99. The van der Waals surface area contributed by atoms with Gasteiger partial charge in [0.25, 0.3) is 0 Å². The van der Waals surface area contributed by atoms with Crippen molar-refractivity contribution in [1.29, 1.82) is 0 Å². The van der Waals surface area contributed by atoms with Crippen LogP contribution in [0.2, 0.25) is 0 Å². The molecule has 0 bridgehead atoms. The summed E-state index contributed by atoms with van der Waals surface area (Å²) in [6.07, 6.45) is 0. The second-order valence-electron chi connectivity index (χ2n) is 4.53. The van der Waals surface area contributed by atoms with Crippen LogP contribution in [0.4, 0.5) is 4.79 Å². The molecule has 2 rings (SSSR count). The highest BCUT2D eigenvalue weighted by atomic mass is 79.9. The van der Waals surface area contributed by atoms with Gasteiger partial charge in [-0.15, -0.1) is 0 Å². The summed E-state index contributed by atoms with van der Waals surface area (Å²) >= 11 is 3.41. The molecule has 7 heteroatoms. The van der Waals surface area contributed by atoms with Crippen LogP contribution in [0.3, 0.4) is 0 Å². The van der Waals surface area contributed by atoms with Crippen LogP contribution in [0.25, 0.3) is 0 Å². The molecule has 0 spiro atoms. The standard InChI is InChI=1S/C13H16BrN3O3/c1-7(8-3-4-11(20-2)9(14)5-8)16-12(18)10-6-15-13(19)17-10/h3-5,7,10H,6H2,1-2H3,(H,16,18)(H2,15,17,19)/t7-,10-/m1/s1. The van der Waals surface area contributed by atoms with Crippen molar-refractivity contribution in [2.24, 2.45) is 0 Å². The average Bonchev–Trinajstić information content (AvgIpc) is 2.85. The van der Waals surface area contributed by atoms with Gasteiger partial charge < -0.3 is 20.7 Å². The number of halogens is 1. The van der Waals surface area contributed by atoms with Crippen LogP contribution in [0.15, 0.2) is 22.7 Å². The number of hydrogen-bond donors (Lipinski definition) is 3. The Morgan fingerprint density at radius 3 is 2.85 bits per heavy atom. The highest BCUT2D eigenvalue weighted by Crippen LogP contribution is 2.27. The van der Waals surface area contributed by atoms with Gasteiger partial charge in [-0.25, -0.2) is 4.79 Å². The maximum atomic E-state index is 12.0. The van der Waals surface area contributed by atoms with Gasteiger partial charge in [-0.2, -0.15) is 0 Å². The molecule has 1 heterocycles. The number of methoxy groups -OCH3 is 1. The second-order valence-corrected chi connectivity index (χ2v) is 5.39. The van der Waals surface area contributed by atoms with E-state index in [1.165, 1.54) is 0 Å². The number of rotatable bonds is 4. The third-order valence-electron chi connectivity index (χ3n) is 3.12. The number of urea groups is 1. The number of nitrogens with one attached hydrogen (secondary N) is 3. The van der Waals surface area contributed by atoms with Crippen LogP contribution in [0.1, 0.15) is 18.5 Å². The average molecular weight is 342 g/mol. The van der Waals surface area contributed by atoms with Crippen LogP contribution in [-0.4, -0.2) is 31.6 Å². The predicted octanol–water partition coefficient (Wildman–Crippen LogP) is 1.32. The van der Waals surface area contributed by atoms with Crippen LogP contribution in [0, 0.1) is 0 Å². The summed E-state index contributed by atoms with van der Waals surface area (Å²) in [7, 11) is 1.60. The van der Waals surface area contributed by atoms with E-state index < -0.39 is 6.04 Å². The van der Waals surface area contributed by atoms with Crippen molar-refractivity contribution in [2.45, 2.75) is 19.0 Å². The second kappa shape index (κ2) is 6.13. The molecule has 1 aliphatic heterocycles. The van der Waals surface area contributed by atoms with Gasteiger partial charge in [-0.1, -0.05) is 6.07 Å². The first kappa shape index (κ1) is 14.6. The van der Waals surface area contributed by atoms with Gasteiger partial charge in [-0.3, -0.25) is 4.79 Å². The van der Waals surface area contributed by atoms with Gasteiger partial charge in [-0.05, 0) is 40.5 Å². The quantitative estimate of drug-likeness (QED) is 0.772. The zero-order valence-electron chi connectivity index (χ0n) is 11.2. The minimum atomic E-state index is -0.522. The Morgan fingerprint density at radius 2 is 2.30 bits per heavy atom. The van der Waals surface area contributed by atoms with Crippen LogP contribution >= 0.6 is 15.9 Å². The molecule has 3 N–H and O–H groups in total. The number of ether oxygens (including phenoxy) is 1. The van der Waals surface area contributed by atoms with Crippen molar-refractivity contribution >= 4 is 27.9 Å². The topological polar surface area (TPSA) is 79.5 Å². The number of amides is 3. The van der Waals surface area contributed by atoms with Crippen molar-refractivity contribution in [1.82, 2.24) is 16.0 Å². The molecule has 1 fully saturated rings. The lowest BCUT2D eigenvalue weighted by Crippen LogP contribution is -2.43. The Kier molecular flexibility index (Phi) is 4.49. The fourth-order valence-corrected chi connectivity index (χ4v) is 2.52. The molecule has 0 radical (unpaired) electrons. The molecule has 0 aromatic heterocycles. The van der Waals surface area contributed by atoms with Gasteiger partial charge >= 0.3 is 6.03 Å².